The molecule has 1 aromatic rings. The molecule has 0 aliphatic carbocycles. The molecule has 0 saturated carbocycles. The van der Waals surface area contributed by atoms with Gasteiger partial charge in [0.2, 0.25) is 0 Å². The fourth-order valence-corrected chi connectivity index (χ4v) is 2.31. The summed E-state index contributed by atoms with van der Waals surface area (Å²) in [5.74, 6) is 1.26. The Hall–Kier alpha value is -1.22. The summed E-state index contributed by atoms with van der Waals surface area (Å²) >= 11 is 0. The first-order valence-corrected chi connectivity index (χ1v) is 6.89. The molecule has 0 saturated heterocycles. The van der Waals surface area contributed by atoms with Crippen LogP contribution in [0, 0.1) is 0 Å². The minimum absolute atomic E-state index is 0.301. The van der Waals surface area contributed by atoms with Crippen LogP contribution in [0.2, 0.25) is 0 Å². The van der Waals surface area contributed by atoms with E-state index in [9.17, 15) is 5.11 Å². The first kappa shape index (κ1) is 14.8. The lowest BCUT2D eigenvalue weighted by molar-refractivity contribution is 0.315. The van der Waals surface area contributed by atoms with Crippen molar-refractivity contribution < 1.29 is 9.84 Å². The first-order chi connectivity index (χ1) is 8.74. The lowest BCUT2D eigenvalue weighted by Gasteiger charge is -2.19. The molecular formula is C15H25NO2. The monoisotopic (exact) mass is 251 g/mol. The molecule has 18 heavy (non-hydrogen) atoms. The van der Waals surface area contributed by atoms with E-state index in [2.05, 4.69) is 6.92 Å². The molecule has 1 atom stereocenters. The van der Waals surface area contributed by atoms with Crippen molar-refractivity contribution >= 4 is 0 Å². The van der Waals surface area contributed by atoms with Gasteiger partial charge in [0.25, 0.3) is 0 Å². The van der Waals surface area contributed by atoms with Crippen molar-refractivity contribution in [1.29, 1.82) is 0 Å². The highest BCUT2D eigenvalue weighted by atomic mass is 16.5. The Labute approximate surface area is 110 Å². The van der Waals surface area contributed by atoms with Gasteiger partial charge in [-0.25, -0.2) is 0 Å². The number of rotatable bonds is 8. The predicted octanol–water partition coefficient (Wildman–Crippen LogP) is 3.41. The second kappa shape index (κ2) is 7.98. The van der Waals surface area contributed by atoms with Gasteiger partial charge < -0.3 is 15.6 Å². The van der Waals surface area contributed by atoms with Crippen molar-refractivity contribution in [3.8, 4) is 11.5 Å². The Morgan fingerprint density at radius 3 is 2.67 bits per heavy atom. The molecule has 0 aliphatic heterocycles. The van der Waals surface area contributed by atoms with Gasteiger partial charge in [0, 0.05) is 5.56 Å². The van der Waals surface area contributed by atoms with Gasteiger partial charge in [0.15, 0.2) is 11.5 Å². The summed E-state index contributed by atoms with van der Waals surface area (Å²) in [6, 6.07) is 5.76. The molecule has 3 nitrogen and oxygen atoms in total. The highest BCUT2D eigenvalue weighted by molar-refractivity contribution is 5.47. The molecule has 0 fully saturated rings. The molecule has 0 radical (unpaired) electrons. The van der Waals surface area contributed by atoms with Crippen LogP contribution >= 0.6 is 0 Å². The molecule has 0 amide bonds. The number of benzene rings is 1. The zero-order valence-electron chi connectivity index (χ0n) is 11.5. The van der Waals surface area contributed by atoms with Crippen LogP contribution in [0.25, 0.3) is 0 Å². The van der Waals surface area contributed by atoms with E-state index >= 15 is 0 Å². The molecule has 3 heteroatoms. The van der Waals surface area contributed by atoms with Gasteiger partial charge in [-0.1, -0.05) is 25.5 Å². The zero-order chi connectivity index (χ0) is 13.4. The van der Waals surface area contributed by atoms with Crippen LogP contribution in [0.1, 0.15) is 51.0 Å². The van der Waals surface area contributed by atoms with Gasteiger partial charge in [-0.2, -0.15) is 0 Å². The van der Waals surface area contributed by atoms with Crippen LogP contribution in [0.15, 0.2) is 18.2 Å². The number of nitrogens with two attached hydrogens (primary N) is 1. The molecule has 3 N–H and O–H groups in total. The number of para-hydroxylation sites is 1. The maximum atomic E-state index is 10.3. The summed E-state index contributed by atoms with van der Waals surface area (Å²) < 4.78 is 5.44. The maximum absolute atomic E-state index is 10.3. The number of ether oxygens (including phenoxy) is 1. The third-order valence-corrected chi connectivity index (χ3v) is 3.16. The molecule has 0 heterocycles. The van der Waals surface area contributed by atoms with E-state index in [1.807, 2.05) is 25.1 Å². The second-order valence-electron chi connectivity index (χ2n) is 4.54. The predicted molar refractivity (Wildman–Crippen MR) is 75.2 cm³/mol. The van der Waals surface area contributed by atoms with E-state index < -0.39 is 0 Å². The first-order valence-electron chi connectivity index (χ1n) is 6.89. The third kappa shape index (κ3) is 3.91. The quantitative estimate of drug-likeness (QED) is 0.744. The summed E-state index contributed by atoms with van der Waals surface area (Å²) in [6.45, 7) is 5.35. The summed E-state index contributed by atoms with van der Waals surface area (Å²) in [7, 11) is 0. The maximum Gasteiger partial charge on any atom is 0.161 e. The Morgan fingerprint density at radius 1 is 1.28 bits per heavy atom. The van der Waals surface area contributed by atoms with Crippen molar-refractivity contribution in [1.82, 2.24) is 0 Å². The number of hydrogen-bond donors (Lipinski definition) is 2. The molecule has 1 unspecified atom stereocenters. The molecule has 1 rings (SSSR count). The smallest absolute Gasteiger partial charge is 0.161 e. The van der Waals surface area contributed by atoms with Crippen molar-refractivity contribution in [3.63, 3.8) is 0 Å². The number of phenolic OH excluding ortho intramolecular Hbond substituents is 1. The number of hydrogen-bond acceptors (Lipinski definition) is 3. The van der Waals surface area contributed by atoms with E-state index in [0.717, 1.165) is 31.2 Å². The average Bonchev–Trinajstić information content (AvgIpc) is 2.38. The molecule has 0 bridgehead atoms. The van der Waals surface area contributed by atoms with Crippen LogP contribution in [0.5, 0.6) is 11.5 Å². The number of aromatic hydroxyl groups is 1. The van der Waals surface area contributed by atoms with E-state index in [-0.39, 0.29) is 0 Å². The normalized spacial score (nSPS) is 12.4. The van der Waals surface area contributed by atoms with Gasteiger partial charge in [0.1, 0.15) is 0 Å². The Morgan fingerprint density at radius 2 is 2.06 bits per heavy atom. The van der Waals surface area contributed by atoms with Crippen LogP contribution < -0.4 is 10.5 Å². The third-order valence-electron chi connectivity index (χ3n) is 3.16. The molecule has 102 valence electrons. The van der Waals surface area contributed by atoms with Gasteiger partial charge >= 0.3 is 0 Å². The number of phenols is 1. The SMILES string of the molecule is CCCC(CCCN)c1cccc(OCC)c1O. The molecular weight excluding hydrogens is 226 g/mol. The molecule has 0 aromatic heterocycles. The largest absolute Gasteiger partial charge is 0.504 e. The van der Waals surface area contributed by atoms with E-state index in [1.165, 1.54) is 0 Å². The van der Waals surface area contributed by atoms with Crippen molar-refractivity contribution in [2.75, 3.05) is 13.2 Å². The van der Waals surface area contributed by atoms with Crippen LogP contribution in [0.4, 0.5) is 0 Å². The Balaban J connectivity index is 2.92. The van der Waals surface area contributed by atoms with Gasteiger partial charge in [-0.05, 0) is 44.7 Å². The summed E-state index contributed by atoms with van der Waals surface area (Å²) in [5, 5.41) is 10.3. The highest BCUT2D eigenvalue weighted by Gasteiger charge is 2.17. The average molecular weight is 251 g/mol. The standard InChI is InChI=1S/C15H25NO2/c1-3-7-12(8-6-11-16)13-9-5-10-14(15(13)17)18-4-2/h5,9-10,12,17H,3-4,6-8,11,16H2,1-2H3. The zero-order valence-corrected chi connectivity index (χ0v) is 11.5. The summed E-state index contributed by atoms with van der Waals surface area (Å²) in [4.78, 5) is 0. The Kier molecular flexibility index (Phi) is 6.58. The minimum Gasteiger partial charge on any atom is -0.504 e. The second-order valence-corrected chi connectivity index (χ2v) is 4.54. The van der Waals surface area contributed by atoms with E-state index in [0.29, 0.717) is 30.6 Å². The van der Waals surface area contributed by atoms with Crippen LogP contribution in [-0.4, -0.2) is 18.3 Å². The lowest BCUT2D eigenvalue weighted by Crippen LogP contribution is -2.05. The highest BCUT2D eigenvalue weighted by Crippen LogP contribution is 2.38. The van der Waals surface area contributed by atoms with Crippen molar-refractivity contribution in [2.24, 2.45) is 5.73 Å². The molecule has 1 aromatic carbocycles. The fourth-order valence-electron chi connectivity index (χ4n) is 2.31. The minimum atomic E-state index is 0.301. The molecule has 0 spiro atoms. The summed E-state index contributed by atoms with van der Waals surface area (Å²) in [5.41, 5.74) is 6.58. The van der Waals surface area contributed by atoms with Gasteiger partial charge in [0.05, 0.1) is 6.61 Å². The fraction of sp³-hybridized carbons (Fsp3) is 0.600. The van der Waals surface area contributed by atoms with E-state index in [1.54, 1.807) is 0 Å². The van der Waals surface area contributed by atoms with Gasteiger partial charge in [-0.15, -0.1) is 0 Å². The van der Waals surface area contributed by atoms with Crippen LogP contribution in [0.3, 0.4) is 0 Å². The van der Waals surface area contributed by atoms with E-state index in [4.69, 9.17) is 10.5 Å². The van der Waals surface area contributed by atoms with Crippen LogP contribution in [-0.2, 0) is 0 Å². The van der Waals surface area contributed by atoms with Crippen molar-refractivity contribution in [2.45, 2.75) is 45.4 Å². The topological polar surface area (TPSA) is 55.5 Å². The Bertz CT molecular complexity index is 352. The van der Waals surface area contributed by atoms with Gasteiger partial charge in [-0.3, -0.25) is 0 Å². The molecule has 0 aliphatic rings. The lowest BCUT2D eigenvalue weighted by atomic mass is 9.89. The van der Waals surface area contributed by atoms with Crippen molar-refractivity contribution in [3.05, 3.63) is 23.8 Å². The summed E-state index contributed by atoms with van der Waals surface area (Å²) in [6.07, 6.45) is 4.19.